The number of nitrogens with one attached hydrogen (secondary N) is 3. The Bertz CT molecular complexity index is 982. The predicted octanol–water partition coefficient (Wildman–Crippen LogP) is 3.56. The fraction of sp³-hybridized carbons (Fsp3) is 0.348. The van der Waals surface area contributed by atoms with Crippen molar-refractivity contribution in [3.63, 3.8) is 0 Å². The molecule has 2 atom stereocenters. The van der Waals surface area contributed by atoms with Gasteiger partial charge >= 0.3 is 0 Å². The Labute approximate surface area is 169 Å². The standard InChI is InChI=1S/C23H27FN4O/c24-18-8-6-15(7-9-18)16-4-5-17-13-22(28-21(17)12-16)23(29)27-11-10-26-20-3-1-2-19(25)14-20/h4-9,12-13,19-20,26,28H,1-3,10-11,14,25H2,(H,27,29). The molecule has 4 rings (SSSR count). The number of hydrogen-bond donors (Lipinski definition) is 4. The second kappa shape index (κ2) is 8.76. The van der Waals surface area contributed by atoms with Gasteiger partial charge in [0.2, 0.25) is 0 Å². The maximum Gasteiger partial charge on any atom is 0.267 e. The van der Waals surface area contributed by atoms with E-state index in [0.717, 1.165) is 47.8 Å². The van der Waals surface area contributed by atoms with Gasteiger partial charge in [-0.25, -0.2) is 4.39 Å². The third kappa shape index (κ3) is 4.83. The summed E-state index contributed by atoms with van der Waals surface area (Å²) < 4.78 is 13.1. The topological polar surface area (TPSA) is 82.9 Å². The van der Waals surface area contributed by atoms with Crippen LogP contribution in [-0.2, 0) is 0 Å². The van der Waals surface area contributed by atoms with Gasteiger partial charge in [0.25, 0.3) is 5.91 Å². The van der Waals surface area contributed by atoms with E-state index in [0.29, 0.717) is 24.3 Å². The molecule has 152 valence electrons. The van der Waals surface area contributed by atoms with Crippen LogP contribution >= 0.6 is 0 Å². The maximum absolute atomic E-state index is 13.1. The molecule has 1 aliphatic carbocycles. The molecule has 2 aromatic carbocycles. The summed E-state index contributed by atoms with van der Waals surface area (Å²) in [7, 11) is 0. The van der Waals surface area contributed by atoms with Crippen molar-refractivity contribution in [3.05, 3.63) is 60.0 Å². The quantitative estimate of drug-likeness (QED) is 0.483. The molecule has 6 heteroatoms. The van der Waals surface area contributed by atoms with Crippen LogP contribution in [0.1, 0.15) is 36.2 Å². The Hall–Kier alpha value is -2.70. The van der Waals surface area contributed by atoms with Crippen LogP contribution in [0.5, 0.6) is 0 Å². The number of rotatable bonds is 6. The highest BCUT2D eigenvalue weighted by molar-refractivity contribution is 5.98. The molecule has 0 bridgehead atoms. The number of halogens is 1. The average molecular weight is 394 g/mol. The molecule has 1 heterocycles. The SMILES string of the molecule is NC1CCCC(NCCNC(=O)c2cc3ccc(-c4ccc(F)cc4)cc3[nH]2)C1. The van der Waals surface area contributed by atoms with Crippen LogP contribution in [0.2, 0.25) is 0 Å². The van der Waals surface area contributed by atoms with E-state index in [1.807, 2.05) is 24.3 Å². The number of carbonyl (C=O) groups is 1. The van der Waals surface area contributed by atoms with Crippen LogP contribution in [0, 0.1) is 5.82 Å². The minimum absolute atomic E-state index is 0.119. The normalized spacial score (nSPS) is 19.4. The first-order valence-corrected chi connectivity index (χ1v) is 10.2. The lowest BCUT2D eigenvalue weighted by molar-refractivity contribution is 0.0949. The Balaban J connectivity index is 1.35. The fourth-order valence-corrected chi connectivity index (χ4v) is 4.03. The molecule has 1 saturated carbocycles. The van der Waals surface area contributed by atoms with Crippen LogP contribution in [-0.4, -0.2) is 36.1 Å². The van der Waals surface area contributed by atoms with E-state index >= 15 is 0 Å². The molecular formula is C23H27FN4O. The number of fused-ring (bicyclic) bond motifs is 1. The molecule has 3 aromatic rings. The molecular weight excluding hydrogens is 367 g/mol. The number of benzene rings is 2. The van der Waals surface area contributed by atoms with Crippen LogP contribution in [0.15, 0.2) is 48.5 Å². The van der Waals surface area contributed by atoms with E-state index in [1.54, 1.807) is 12.1 Å². The molecule has 0 saturated heterocycles. The van der Waals surface area contributed by atoms with Crippen molar-refractivity contribution in [2.24, 2.45) is 5.73 Å². The first-order chi connectivity index (χ1) is 14.1. The average Bonchev–Trinajstić information content (AvgIpc) is 3.15. The van der Waals surface area contributed by atoms with Crippen molar-refractivity contribution in [3.8, 4) is 11.1 Å². The molecule has 0 radical (unpaired) electrons. The van der Waals surface area contributed by atoms with E-state index < -0.39 is 0 Å². The third-order valence-electron chi connectivity index (χ3n) is 5.60. The Morgan fingerprint density at radius 1 is 1.07 bits per heavy atom. The highest BCUT2D eigenvalue weighted by Gasteiger charge is 2.18. The molecule has 5 N–H and O–H groups in total. The van der Waals surface area contributed by atoms with Gasteiger partial charge in [-0.3, -0.25) is 4.79 Å². The monoisotopic (exact) mass is 394 g/mol. The first kappa shape index (κ1) is 19.6. The molecule has 0 aliphatic heterocycles. The predicted molar refractivity (Wildman–Crippen MR) is 114 cm³/mol. The van der Waals surface area contributed by atoms with Gasteiger partial charge in [0.15, 0.2) is 0 Å². The fourth-order valence-electron chi connectivity index (χ4n) is 4.03. The largest absolute Gasteiger partial charge is 0.351 e. The summed E-state index contributed by atoms with van der Waals surface area (Å²) in [5.41, 5.74) is 9.34. The summed E-state index contributed by atoms with van der Waals surface area (Å²) in [6.07, 6.45) is 4.44. The van der Waals surface area contributed by atoms with Crippen LogP contribution in [0.4, 0.5) is 4.39 Å². The van der Waals surface area contributed by atoms with Crippen molar-refractivity contribution in [2.45, 2.75) is 37.8 Å². The molecule has 1 fully saturated rings. The summed E-state index contributed by atoms with van der Waals surface area (Å²) in [6, 6.07) is 14.9. The van der Waals surface area contributed by atoms with Gasteiger partial charge < -0.3 is 21.4 Å². The van der Waals surface area contributed by atoms with E-state index in [-0.39, 0.29) is 11.7 Å². The van der Waals surface area contributed by atoms with Crippen molar-refractivity contribution in [1.82, 2.24) is 15.6 Å². The lowest BCUT2D eigenvalue weighted by atomic mass is 9.92. The minimum atomic E-state index is -0.255. The van der Waals surface area contributed by atoms with Gasteiger partial charge in [-0.05, 0) is 54.7 Å². The molecule has 2 unspecified atom stereocenters. The summed E-state index contributed by atoms with van der Waals surface area (Å²) in [5.74, 6) is -0.374. The van der Waals surface area contributed by atoms with Crippen molar-refractivity contribution < 1.29 is 9.18 Å². The van der Waals surface area contributed by atoms with Crippen molar-refractivity contribution >= 4 is 16.8 Å². The summed E-state index contributed by atoms with van der Waals surface area (Å²) in [4.78, 5) is 15.7. The number of aromatic nitrogens is 1. The molecule has 1 amide bonds. The van der Waals surface area contributed by atoms with Gasteiger partial charge in [-0.1, -0.05) is 30.7 Å². The van der Waals surface area contributed by atoms with Gasteiger partial charge in [0.1, 0.15) is 11.5 Å². The number of nitrogens with two attached hydrogens (primary N) is 1. The van der Waals surface area contributed by atoms with Gasteiger partial charge in [-0.15, -0.1) is 0 Å². The Morgan fingerprint density at radius 3 is 2.66 bits per heavy atom. The van der Waals surface area contributed by atoms with E-state index in [2.05, 4.69) is 15.6 Å². The lowest BCUT2D eigenvalue weighted by Gasteiger charge is -2.27. The molecule has 1 aromatic heterocycles. The number of hydrogen-bond acceptors (Lipinski definition) is 3. The molecule has 1 aliphatic rings. The van der Waals surface area contributed by atoms with Gasteiger partial charge in [-0.2, -0.15) is 0 Å². The van der Waals surface area contributed by atoms with Crippen LogP contribution in [0.3, 0.4) is 0 Å². The van der Waals surface area contributed by atoms with Gasteiger partial charge in [0.05, 0.1) is 0 Å². The zero-order valence-electron chi connectivity index (χ0n) is 16.4. The summed E-state index contributed by atoms with van der Waals surface area (Å²) in [6.45, 7) is 1.30. The zero-order chi connectivity index (χ0) is 20.2. The van der Waals surface area contributed by atoms with Crippen molar-refractivity contribution in [1.29, 1.82) is 0 Å². The minimum Gasteiger partial charge on any atom is -0.351 e. The third-order valence-corrected chi connectivity index (χ3v) is 5.60. The molecule has 5 nitrogen and oxygen atoms in total. The van der Waals surface area contributed by atoms with Crippen LogP contribution in [0.25, 0.3) is 22.0 Å². The van der Waals surface area contributed by atoms with Crippen molar-refractivity contribution in [2.75, 3.05) is 13.1 Å². The number of H-pyrrole nitrogens is 1. The number of aromatic amines is 1. The number of amides is 1. The number of carbonyl (C=O) groups excluding carboxylic acids is 1. The highest BCUT2D eigenvalue weighted by Crippen LogP contribution is 2.25. The molecule has 29 heavy (non-hydrogen) atoms. The van der Waals surface area contributed by atoms with E-state index in [9.17, 15) is 9.18 Å². The summed E-state index contributed by atoms with van der Waals surface area (Å²) >= 11 is 0. The zero-order valence-corrected chi connectivity index (χ0v) is 16.4. The first-order valence-electron chi connectivity index (χ1n) is 10.2. The van der Waals surface area contributed by atoms with E-state index in [4.69, 9.17) is 5.73 Å². The second-order valence-corrected chi connectivity index (χ2v) is 7.83. The smallest absolute Gasteiger partial charge is 0.267 e. The summed E-state index contributed by atoms with van der Waals surface area (Å²) in [5, 5.41) is 7.41. The second-order valence-electron chi connectivity index (χ2n) is 7.83. The molecule has 0 spiro atoms. The maximum atomic E-state index is 13.1. The van der Waals surface area contributed by atoms with Crippen LogP contribution < -0.4 is 16.4 Å². The van der Waals surface area contributed by atoms with E-state index in [1.165, 1.54) is 18.6 Å². The van der Waals surface area contributed by atoms with Gasteiger partial charge in [0, 0.05) is 36.1 Å². The highest BCUT2D eigenvalue weighted by atomic mass is 19.1. The Morgan fingerprint density at radius 2 is 1.86 bits per heavy atom. The Kier molecular flexibility index (Phi) is 5.92. The lowest BCUT2D eigenvalue weighted by Crippen LogP contribution is -2.42.